The molecule has 0 aliphatic heterocycles. The molecule has 1 N–H and O–H groups in total. The lowest BCUT2D eigenvalue weighted by atomic mass is 10.2. The van der Waals surface area contributed by atoms with Gasteiger partial charge in [0.15, 0.2) is 5.65 Å². The highest BCUT2D eigenvalue weighted by molar-refractivity contribution is 7.89. The van der Waals surface area contributed by atoms with Crippen LogP contribution in [0.5, 0.6) is 0 Å². The van der Waals surface area contributed by atoms with E-state index >= 15 is 0 Å². The number of benzene rings is 1. The Bertz CT molecular complexity index is 993. The Morgan fingerprint density at radius 1 is 1.12 bits per heavy atom. The largest absolute Gasteiger partial charge is 0.321 e. The van der Waals surface area contributed by atoms with Crippen LogP contribution in [0.25, 0.3) is 5.65 Å². The molecule has 0 aliphatic rings. The molecule has 1 amide bonds. The maximum absolute atomic E-state index is 12.3. The van der Waals surface area contributed by atoms with Gasteiger partial charge in [0.25, 0.3) is 5.91 Å². The Labute approximate surface area is 138 Å². The first-order valence-electron chi connectivity index (χ1n) is 7.01. The Kier molecular flexibility index (Phi) is 4.04. The normalized spacial score (nSPS) is 11.8. The minimum atomic E-state index is -3.51. The van der Waals surface area contributed by atoms with Crippen LogP contribution in [0.3, 0.4) is 0 Å². The maximum Gasteiger partial charge on any atom is 0.255 e. The number of carbonyl (C=O) groups is 1. The summed E-state index contributed by atoms with van der Waals surface area (Å²) in [4.78, 5) is 12.4. The summed E-state index contributed by atoms with van der Waals surface area (Å²) in [6.45, 7) is 0. The number of nitrogens with one attached hydrogen (secondary N) is 1. The molecule has 0 spiro atoms. The standard InChI is InChI=1S/C15H15N5O3S/c1-19(2)24(22,23)13-6-3-11(4-7-13)15(21)17-12-5-8-14-18-16-10-20(14)9-12/h3-10H,1-2H3,(H,17,21). The Hall–Kier alpha value is -2.78. The number of rotatable bonds is 4. The molecular weight excluding hydrogens is 330 g/mol. The summed E-state index contributed by atoms with van der Waals surface area (Å²) in [6.07, 6.45) is 3.23. The number of nitrogens with zero attached hydrogens (tertiary/aromatic N) is 4. The summed E-state index contributed by atoms with van der Waals surface area (Å²) >= 11 is 0. The fourth-order valence-electron chi connectivity index (χ4n) is 2.09. The summed E-state index contributed by atoms with van der Waals surface area (Å²) in [5.74, 6) is -0.337. The van der Waals surface area contributed by atoms with Crippen LogP contribution in [0.2, 0.25) is 0 Å². The first-order chi connectivity index (χ1) is 11.4. The van der Waals surface area contributed by atoms with Gasteiger partial charge in [-0.3, -0.25) is 9.20 Å². The Morgan fingerprint density at radius 3 is 2.50 bits per heavy atom. The number of hydrogen-bond donors (Lipinski definition) is 1. The van der Waals surface area contributed by atoms with Gasteiger partial charge >= 0.3 is 0 Å². The highest BCUT2D eigenvalue weighted by Crippen LogP contribution is 2.15. The van der Waals surface area contributed by atoms with E-state index < -0.39 is 10.0 Å². The van der Waals surface area contributed by atoms with Crippen molar-refractivity contribution >= 4 is 27.3 Å². The van der Waals surface area contributed by atoms with Crippen molar-refractivity contribution in [2.24, 2.45) is 0 Å². The van der Waals surface area contributed by atoms with E-state index in [0.717, 1.165) is 4.31 Å². The van der Waals surface area contributed by atoms with E-state index in [0.29, 0.717) is 16.9 Å². The molecule has 2 heterocycles. The number of hydrogen-bond acceptors (Lipinski definition) is 5. The van der Waals surface area contributed by atoms with Crippen LogP contribution in [-0.4, -0.2) is 47.3 Å². The van der Waals surface area contributed by atoms with Gasteiger partial charge in [0.05, 0.1) is 10.6 Å². The van der Waals surface area contributed by atoms with Gasteiger partial charge in [0.2, 0.25) is 10.0 Å². The number of pyridine rings is 1. The summed E-state index contributed by atoms with van der Waals surface area (Å²) < 4.78 is 26.8. The number of sulfonamides is 1. The molecule has 0 saturated carbocycles. The lowest BCUT2D eigenvalue weighted by molar-refractivity contribution is 0.102. The number of amides is 1. The summed E-state index contributed by atoms with van der Waals surface area (Å²) in [5.41, 5.74) is 1.61. The van der Waals surface area contributed by atoms with E-state index in [-0.39, 0.29) is 10.8 Å². The highest BCUT2D eigenvalue weighted by atomic mass is 32.2. The molecule has 124 valence electrons. The van der Waals surface area contributed by atoms with Crippen molar-refractivity contribution in [1.29, 1.82) is 0 Å². The van der Waals surface area contributed by atoms with Gasteiger partial charge in [0.1, 0.15) is 6.33 Å². The van der Waals surface area contributed by atoms with Gasteiger partial charge in [-0.15, -0.1) is 10.2 Å². The third-order valence-corrected chi connectivity index (χ3v) is 5.27. The number of aromatic nitrogens is 3. The second-order valence-corrected chi connectivity index (χ2v) is 7.43. The molecule has 8 nitrogen and oxygen atoms in total. The van der Waals surface area contributed by atoms with Crippen molar-refractivity contribution in [3.8, 4) is 0 Å². The highest BCUT2D eigenvalue weighted by Gasteiger charge is 2.17. The molecule has 24 heavy (non-hydrogen) atoms. The SMILES string of the molecule is CN(C)S(=O)(=O)c1ccc(C(=O)Nc2ccc3nncn3c2)cc1. The van der Waals surface area contributed by atoms with Gasteiger partial charge in [-0.1, -0.05) is 0 Å². The van der Waals surface area contributed by atoms with Crippen LogP contribution in [-0.2, 0) is 10.0 Å². The Balaban J connectivity index is 1.80. The first kappa shape index (κ1) is 16.1. The monoisotopic (exact) mass is 345 g/mol. The number of fused-ring (bicyclic) bond motifs is 1. The molecule has 0 aliphatic carbocycles. The van der Waals surface area contributed by atoms with Crippen LogP contribution in [0.15, 0.2) is 53.8 Å². The van der Waals surface area contributed by atoms with E-state index in [1.54, 1.807) is 22.7 Å². The zero-order valence-electron chi connectivity index (χ0n) is 13.0. The number of anilines is 1. The lowest BCUT2D eigenvalue weighted by Crippen LogP contribution is -2.22. The van der Waals surface area contributed by atoms with Crippen molar-refractivity contribution in [3.63, 3.8) is 0 Å². The minimum absolute atomic E-state index is 0.134. The molecule has 1 aromatic carbocycles. The molecule has 0 atom stereocenters. The number of carbonyl (C=O) groups excluding carboxylic acids is 1. The molecule has 0 unspecified atom stereocenters. The summed E-state index contributed by atoms with van der Waals surface area (Å²) in [7, 11) is -0.601. The predicted molar refractivity (Wildman–Crippen MR) is 88.3 cm³/mol. The van der Waals surface area contributed by atoms with Gasteiger partial charge in [0, 0.05) is 25.9 Å². The van der Waals surface area contributed by atoms with Gasteiger partial charge < -0.3 is 5.32 Å². The van der Waals surface area contributed by atoms with Crippen molar-refractivity contribution in [2.45, 2.75) is 4.90 Å². The molecule has 0 bridgehead atoms. The second kappa shape index (κ2) is 6.02. The lowest BCUT2D eigenvalue weighted by Gasteiger charge is -2.11. The van der Waals surface area contributed by atoms with Crippen LogP contribution >= 0.6 is 0 Å². The molecule has 0 radical (unpaired) electrons. The zero-order valence-corrected chi connectivity index (χ0v) is 13.9. The van der Waals surface area contributed by atoms with Gasteiger partial charge in [-0.05, 0) is 36.4 Å². The van der Waals surface area contributed by atoms with Crippen molar-refractivity contribution in [1.82, 2.24) is 18.9 Å². The van der Waals surface area contributed by atoms with Crippen molar-refractivity contribution in [2.75, 3.05) is 19.4 Å². The maximum atomic E-state index is 12.3. The fraction of sp³-hybridized carbons (Fsp3) is 0.133. The third kappa shape index (κ3) is 2.99. The summed E-state index contributed by atoms with van der Waals surface area (Å²) in [5, 5.41) is 10.4. The molecule has 9 heteroatoms. The topological polar surface area (TPSA) is 96.7 Å². The quantitative estimate of drug-likeness (QED) is 0.767. The Morgan fingerprint density at radius 2 is 1.83 bits per heavy atom. The summed E-state index contributed by atoms with van der Waals surface area (Å²) in [6, 6.07) is 9.22. The van der Waals surface area contributed by atoms with E-state index in [1.165, 1.54) is 44.7 Å². The molecule has 0 saturated heterocycles. The fourth-order valence-corrected chi connectivity index (χ4v) is 3.00. The second-order valence-electron chi connectivity index (χ2n) is 5.28. The van der Waals surface area contributed by atoms with E-state index in [1.807, 2.05) is 0 Å². The van der Waals surface area contributed by atoms with Crippen LogP contribution < -0.4 is 5.32 Å². The first-order valence-corrected chi connectivity index (χ1v) is 8.45. The molecule has 2 aromatic heterocycles. The third-order valence-electron chi connectivity index (χ3n) is 3.44. The molecule has 3 rings (SSSR count). The average molecular weight is 345 g/mol. The average Bonchev–Trinajstić information content (AvgIpc) is 3.02. The van der Waals surface area contributed by atoms with Gasteiger partial charge in [-0.2, -0.15) is 0 Å². The van der Waals surface area contributed by atoms with Crippen LogP contribution in [0.1, 0.15) is 10.4 Å². The van der Waals surface area contributed by atoms with E-state index in [4.69, 9.17) is 0 Å². The smallest absolute Gasteiger partial charge is 0.255 e. The molecule has 3 aromatic rings. The van der Waals surface area contributed by atoms with Gasteiger partial charge in [-0.25, -0.2) is 12.7 Å². The van der Waals surface area contributed by atoms with Crippen molar-refractivity contribution < 1.29 is 13.2 Å². The van der Waals surface area contributed by atoms with E-state index in [9.17, 15) is 13.2 Å². The zero-order chi connectivity index (χ0) is 17.3. The van der Waals surface area contributed by atoms with Crippen molar-refractivity contribution in [3.05, 3.63) is 54.5 Å². The van der Waals surface area contributed by atoms with Crippen LogP contribution in [0, 0.1) is 0 Å². The minimum Gasteiger partial charge on any atom is -0.321 e. The molecular formula is C15H15N5O3S. The predicted octanol–water partition coefficient (Wildman–Crippen LogP) is 1.23. The van der Waals surface area contributed by atoms with E-state index in [2.05, 4.69) is 15.5 Å². The molecule has 0 fully saturated rings. The van der Waals surface area contributed by atoms with Crippen LogP contribution in [0.4, 0.5) is 5.69 Å².